The quantitative estimate of drug-likeness (QED) is 0.149. The van der Waals surface area contributed by atoms with E-state index in [0.29, 0.717) is 5.57 Å². The Hall–Kier alpha value is -3.30. The van der Waals surface area contributed by atoms with Crippen LogP contribution in [0.5, 0.6) is 0 Å². The third kappa shape index (κ3) is 6.05. The lowest BCUT2D eigenvalue weighted by atomic mass is 10.1. The van der Waals surface area contributed by atoms with Crippen molar-refractivity contribution in [1.29, 1.82) is 0 Å². The van der Waals surface area contributed by atoms with Crippen LogP contribution in [-0.2, 0) is 10.0 Å². The lowest BCUT2D eigenvalue weighted by molar-refractivity contribution is -0.394. The SMILES string of the molecule is CCN(/C=C/C=C/C1=C[N-]/[N+](=C2/C=CC=C/C2=N\S(=O)(=O)C(F)(F)C(F)(F)C(F)(F)C(F)(F)F)C=C1)CC. The molecule has 0 spiro atoms. The number of hydrogen-bond donors (Lipinski definition) is 0. The van der Waals surface area contributed by atoms with Crippen molar-refractivity contribution in [2.45, 2.75) is 37.1 Å². The summed E-state index contributed by atoms with van der Waals surface area (Å²) < 4.78 is 146. The molecule has 0 aromatic carbocycles. The standard InChI is InChI=1S/C22H21F9N4O2S/c1-3-34(4-2)13-8-7-9-16-12-14-35(32-15-16)18-11-6-5-10-17(18)33-38(36,37)22(30,31)20(25,26)19(23,24)21(27,28)29/h5-15H,3-4H2,1-2H3/b9-7+,13-8+,33-17+,35-18-. The van der Waals surface area contributed by atoms with Gasteiger partial charge in [0.05, 0.1) is 0 Å². The molecular weight excluding hydrogens is 555 g/mol. The second-order valence-corrected chi connectivity index (χ2v) is 9.19. The summed E-state index contributed by atoms with van der Waals surface area (Å²) in [6.07, 6.45) is 7.80. The monoisotopic (exact) mass is 576 g/mol. The molecule has 0 saturated carbocycles. The summed E-state index contributed by atoms with van der Waals surface area (Å²) in [5, 5.41) is -6.93. The number of hydrogen-bond acceptors (Lipinski definition) is 3. The zero-order valence-corrected chi connectivity index (χ0v) is 20.5. The molecule has 1 aliphatic heterocycles. The molecule has 2 aliphatic rings. The molecule has 1 aliphatic carbocycles. The molecule has 0 radical (unpaired) electrons. The lowest BCUT2D eigenvalue weighted by Crippen LogP contribution is -2.63. The maximum Gasteiger partial charge on any atom is 0.460 e. The zero-order chi connectivity index (χ0) is 29.0. The van der Waals surface area contributed by atoms with Gasteiger partial charge in [0.1, 0.15) is 5.71 Å². The summed E-state index contributed by atoms with van der Waals surface area (Å²) in [6, 6.07) is 0. The van der Waals surface area contributed by atoms with E-state index in [0.717, 1.165) is 36.0 Å². The van der Waals surface area contributed by atoms with Gasteiger partial charge in [-0.3, -0.25) is 0 Å². The summed E-state index contributed by atoms with van der Waals surface area (Å²) in [6.45, 7) is 5.53. The molecule has 0 unspecified atom stereocenters. The van der Waals surface area contributed by atoms with Gasteiger partial charge in [0, 0.05) is 25.2 Å². The molecule has 0 amide bonds. The van der Waals surface area contributed by atoms with E-state index in [1.165, 1.54) is 24.6 Å². The van der Waals surface area contributed by atoms with Gasteiger partial charge in [-0.1, -0.05) is 24.3 Å². The summed E-state index contributed by atoms with van der Waals surface area (Å²) in [5.74, 6) is -14.8. The van der Waals surface area contributed by atoms with E-state index in [9.17, 15) is 47.9 Å². The van der Waals surface area contributed by atoms with Gasteiger partial charge in [-0.25, -0.2) is 4.68 Å². The molecule has 38 heavy (non-hydrogen) atoms. The fraction of sp³-hybridized carbons (Fsp3) is 0.364. The third-order valence-corrected chi connectivity index (χ3v) is 6.38. The predicted molar refractivity (Wildman–Crippen MR) is 123 cm³/mol. The molecular formula is C22H21F9N4O2S. The molecule has 0 bridgehead atoms. The second kappa shape index (κ2) is 11.2. The van der Waals surface area contributed by atoms with E-state index in [1.807, 2.05) is 24.9 Å². The molecule has 0 fully saturated rings. The Morgan fingerprint density at radius 1 is 0.921 bits per heavy atom. The highest BCUT2D eigenvalue weighted by atomic mass is 32.2. The van der Waals surface area contributed by atoms with Crippen LogP contribution in [0, 0.1) is 0 Å². The highest BCUT2D eigenvalue weighted by Gasteiger charge is 2.85. The van der Waals surface area contributed by atoms with Crippen LogP contribution in [0.15, 0.2) is 77.2 Å². The minimum Gasteiger partial charge on any atom is -0.411 e. The normalized spacial score (nSPS) is 20.5. The summed E-state index contributed by atoms with van der Waals surface area (Å²) >= 11 is 0. The average Bonchev–Trinajstić information content (AvgIpc) is 2.83. The van der Waals surface area contributed by atoms with Gasteiger partial charge >= 0.3 is 33.3 Å². The zero-order valence-electron chi connectivity index (χ0n) is 19.7. The van der Waals surface area contributed by atoms with Gasteiger partial charge in [0.25, 0.3) is 0 Å². The van der Waals surface area contributed by atoms with Crippen LogP contribution in [0.25, 0.3) is 5.43 Å². The Balaban J connectivity index is 2.38. The maximum absolute atomic E-state index is 14.1. The van der Waals surface area contributed by atoms with Crippen molar-refractivity contribution < 1.29 is 52.6 Å². The first-order chi connectivity index (χ1) is 17.4. The molecule has 0 N–H and O–H groups in total. The van der Waals surface area contributed by atoms with Crippen molar-refractivity contribution in [1.82, 2.24) is 4.90 Å². The van der Waals surface area contributed by atoms with Crippen molar-refractivity contribution in [2.75, 3.05) is 13.1 Å². The summed E-state index contributed by atoms with van der Waals surface area (Å²) in [7, 11) is -6.98. The number of sulfonamides is 1. The largest absolute Gasteiger partial charge is 0.460 e. The average molecular weight is 576 g/mol. The highest BCUT2D eigenvalue weighted by molar-refractivity contribution is 7.91. The number of allylic oxidation sites excluding steroid dienone is 9. The number of halogens is 9. The Morgan fingerprint density at radius 2 is 1.53 bits per heavy atom. The summed E-state index contributed by atoms with van der Waals surface area (Å²) in [4.78, 5) is 2.01. The smallest absolute Gasteiger partial charge is 0.411 e. The van der Waals surface area contributed by atoms with Gasteiger partial charge < -0.3 is 10.3 Å². The predicted octanol–water partition coefficient (Wildman–Crippen LogP) is 5.87. The Bertz CT molecular complexity index is 1250. The number of alkyl halides is 9. The molecule has 6 nitrogen and oxygen atoms in total. The first-order valence-electron chi connectivity index (χ1n) is 10.7. The molecule has 210 valence electrons. The molecule has 2 rings (SSSR count). The summed E-state index contributed by atoms with van der Waals surface area (Å²) in [5.41, 5.74) is 3.12. The van der Waals surface area contributed by atoms with Gasteiger partial charge in [0.2, 0.25) is 5.71 Å². The third-order valence-electron chi connectivity index (χ3n) is 5.04. The minimum absolute atomic E-state index is 0.380. The van der Waals surface area contributed by atoms with E-state index in [4.69, 9.17) is 0 Å². The van der Waals surface area contributed by atoms with E-state index in [1.54, 1.807) is 18.2 Å². The molecule has 1 heterocycles. The molecule has 16 heteroatoms. The van der Waals surface area contributed by atoms with Crippen molar-refractivity contribution in [3.8, 4) is 0 Å². The Kier molecular flexibility index (Phi) is 9.12. The van der Waals surface area contributed by atoms with Crippen molar-refractivity contribution in [3.63, 3.8) is 0 Å². The first kappa shape index (κ1) is 30.9. The molecule has 0 aromatic heterocycles. The van der Waals surface area contributed by atoms with Crippen LogP contribution in [0.3, 0.4) is 0 Å². The van der Waals surface area contributed by atoms with Gasteiger partial charge in [0.15, 0.2) is 6.20 Å². The van der Waals surface area contributed by atoms with E-state index in [2.05, 4.69) is 9.82 Å². The van der Waals surface area contributed by atoms with Crippen LogP contribution in [-0.4, -0.2) is 65.8 Å². The van der Waals surface area contributed by atoms with Gasteiger partial charge in [-0.2, -0.15) is 52.3 Å². The second-order valence-electron chi connectivity index (χ2n) is 7.55. The number of rotatable bonds is 9. The lowest BCUT2D eigenvalue weighted by Gasteiger charge is -2.32. The number of nitrogens with zero attached hydrogens (tertiary/aromatic N) is 4. The van der Waals surface area contributed by atoms with Crippen molar-refractivity contribution in [3.05, 3.63) is 78.2 Å². The molecule has 0 aromatic rings. The maximum atomic E-state index is 14.1. The van der Waals surface area contributed by atoms with Crippen LogP contribution in [0.4, 0.5) is 39.5 Å². The van der Waals surface area contributed by atoms with Crippen molar-refractivity contribution in [2.24, 2.45) is 4.40 Å². The highest BCUT2D eigenvalue weighted by Crippen LogP contribution is 2.55. The Labute approximate surface area is 212 Å². The van der Waals surface area contributed by atoms with Crippen LogP contribution in [0.1, 0.15) is 13.8 Å². The molecule has 0 saturated heterocycles. The van der Waals surface area contributed by atoms with Crippen molar-refractivity contribution >= 4 is 21.4 Å². The topological polar surface area (TPSA) is 66.8 Å². The minimum atomic E-state index is -7.38. The fourth-order valence-electron chi connectivity index (χ4n) is 2.83. The fourth-order valence-corrected chi connectivity index (χ4v) is 3.81. The van der Waals surface area contributed by atoms with E-state index < -0.39 is 39.0 Å². The first-order valence-corrected chi connectivity index (χ1v) is 12.1. The van der Waals surface area contributed by atoms with Gasteiger partial charge in [-0.15, -0.1) is 6.20 Å². The van der Waals surface area contributed by atoms with E-state index in [-0.39, 0.29) is 5.71 Å². The van der Waals surface area contributed by atoms with Gasteiger partial charge in [-0.05, 0) is 37.8 Å². The van der Waals surface area contributed by atoms with E-state index >= 15 is 0 Å². The van der Waals surface area contributed by atoms with Crippen LogP contribution >= 0.6 is 0 Å². The molecule has 0 atom stereocenters. The van der Waals surface area contributed by atoms with Crippen LogP contribution in [0.2, 0.25) is 0 Å². The van der Waals surface area contributed by atoms with Crippen LogP contribution < -0.4 is 0 Å². The Morgan fingerprint density at radius 3 is 2.05 bits per heavy atom.